The second-order valence-electron chi connectivity index (χ2n) is 3.78. The standard InChI is InChI=1S/C12H10N2O5S/c15-11-3-1-2-10(14(11)12(16)17)8-4-6-9(7-5-8)13-20(18)19/h1-7,13H,(H,16,17)(H,18,19)/p-1. The Hall–Kier alpha value is -2.45. The van der Waals surface area contributed by atoms with Gasteiger partial charge in [0.15, 0.2) is 0 Å². The second-order valence-corrected chi connectivity index (χ2v) is 4.45. The molecule has 20 heavy (non-hydrogen) atoms. The third kappa shape index (κ3) is 2.92. The van der Waals surface area contributed by atoms with Crippen LogP contribution in [-0.4, -0.2) is 24.5 Å². The fraction of sp³-hybridized carbons (Fsp3) is 0. The van der Waals surface area contributed by atoms with Gasteiger partial charge in [0.05, 0.1) is 5.69 Å². The van der Waals surface area contributed by atoms with E-state index >= 15 is 0 Å². The van der Waals surface area contributed by atoms with Gasteiger partial charge < -0.3 is 14.4 Å². The molecule has 0 saturated heterocycles. The van der Waals surface area contributed by atoms with Crippen LogP contribution >= 0.6 is 0 Å². The third-order valence-electron chi connectivity index (χ3n) is 2.53. The predicted octanol–water partition coefficient (Wildman–Crippen LogP) is 1.25. The van der Waals surface area contributed by atoms with Crippen LogP contribution in [0, 0.1) is 0 Å². The number of anilines is 1. The van der Waals surface area contributed by atoms with Crippen molar-refractivity contribution in [1.29, 1.82) is 0 Å². The number of hydrogen-bond acceptors (Lipinski definition) is 4. The summed E-state index contributed by atoms with van der Waals surface area (Å²) in [4.78, 5) is 22.7. The molecule has 0 bridgehead atoms. The minimum Gasteiger partial charge on any atom is -0.755 e. The van der Waals surface area contributed by atoms with Crippen molar-refractivity contribution in [1.82, 2.24) is 4.57 Å². The van der Waals surface area contributed by atoms with E-state index in [4.69, 9.17) is 5.11 Å². The molecule has 0 amide bonds. The van der Waals surface area contributed by atoms with Gasteiger partial charge in [0.2, 0.25) is 0 Å². The summed E-state index contributed by atoms with van der Waals surface area (Å²) in [7, 11) is 0. The van der Waals surface area contributed by atoms with E-state index in [1.807, 2.05) is 0 Å². The van der Waals surface area contributed by atoms with Crippen molar-refractivity contribution in [3.05, 3.63) is 52.8 Å². The van der Waals surface area contributed by atoms with Crippen molar-refractivity contribution in [2.75, 3.05) is 4.72 Å². The van der Waals surface area contributed by atoms with E-state index in [2.05, 4.69) is 4.72 Å². The van der Waals surface area contributed by atoms with Crippen molar-refractivity contribution >= 4 is 23.0 Å². The molecule has 0 saturated carbocycles. The molecule has 0 aliphatic carbocycles. The summed E-state index contributed by atoms with van der Waals surface area (Å²) in [5.41, 5.74) is 0.368. The van der Waals surface area contributed by atoms with Crippen LogP contribution < -0.4 is 10.3 Å². The van der Waals surface area contributed by atoms with Gasteiger partial charge in [-0.3, -0.25) is 9.00 Å². The molecule has 2 N–H and O–H groups in total. The van der Waals surface area contributed by atoms with Crippen molar-refractivity contribution in [2.45, 2.75) is 0 Å². The van der Waals surface area contributed by atoms with Crippen LogP contribution in [-0.2, 0) is 11.3 Å². The molecule has 0 spiro atoms. The average Bonchev–Trinajstić information content (AvgIpc) is 2.38. The number of nitrogens with zero attached hydrogens (tertiary/aromatic N) is 1. The predicted molar refractivity (Wildman–Crippen MR) is 72.1 cm³/mol. The maximum absolute atomic E-state index is 11.6. The minimum absolute atomic E-state index is 0.208. The topological polar surface area (TPSA) is 111 Å². The van der Waals surface area contributed by atoms with Gasteiger partial charge in [-0.1, -0.05) is 18.2 Å². The van der Waals surface area contributed by atoms with Gasteiger partial charge in [0.25, 0.3) is 5.56 Å². The molecular formula is C12H9N2O5S-. The van der Waals surface area contributed by atoms with Crippen LogP contribution in [0.2, 0.25) is 0 Å². The molecule has 2 rings (SSSR count). The Bertz CT molecular complexity index is 723. The zero-order chi connectivity index (χ0) is 14.7. The Balaban J connectivity index is 2.47. The summed E-state index contributed by atoms with van der Waals surface area (Å²) < 4.78 is 23.7. The van der Waals surface area contributed by atoms with Crippen molar-refractivity contribution in [2.24, 2.45) is 0 Å². The molecule has 1 aromatic carbocycles. The summed E-state index contributed by atoms with van der Waals surface area (Å²) in [6.07, 6.45) is -1.38. The van der Waals surface area contributed by atoms with Gasteiger partial charge in [-0.2, -0.15) is 0 Å². The summed E-state index contributed by atoms with van der Waals surface area (Å²) in [6.45, 7) is 0. The van der Waals surface area contributed by atoms with E-state index in [0.29, 0.717) is 15.8 Å². The molecule has 8 heteroatoms. The van der Waals surface area contributed by atoms with E-state index in [9.17, 15) is 18.4 Å². The highest BCUT2D eigenvalue weighted by molar-refractivity contribution is 7.80. The maximum Gasteiger partial charge on any atom is 0.419 e. The Kier molecular flexibility index (Phi) is 3.97. The number of carbonyl (C=O) groups is 1. The van der Waals surface area contributed by atoms with E-state index in [1.165, 1.54) is 36.4 Å². The first-order valence-corrected chi connectivity index (χ1v) is 6.48. The smallest absolute Gasteiger partial charge is 0.419 e. The van der Waals surface area contributed by atoms with Crippen LogP contribution in [0.25, 0.3) is 11.3 Å². The Morgan fingerprint density at radius 3 is 2.40 bits per heavy atom. The molecular weight excluding hydrogens is 284 g/mol. The minimum atomic E-state index is -2.43. The highest BCUT2D eigenvalue weighted by Crippen LogP contribution is 2.20. The first-order valence-electron chi connectivity index (χ1n) is 5.41. The zero-order valence-corrected chi connectivity index (χ0v) is 10.8. The van der Waals surface area contributed by atoms with Gasteiger partial charge >= 0.3 is 6.09 Å². The quantitative estimate of drug-likeness (QED) is 0.827. The molecule has 0 aliphatic rings. The highest BCUT2D eigenvalue weighted by Gasteiger charge is 2.11. The maximum atomic E-state index is 11.6. The monoisotopic (exact) mass is 293 g/mol. The van der Waals surface area contributed by atoms with Gasteiger partial charge in [-0.05, 0) is 23.8 Å². The summed E-state index contributed by atoms with van der Waals surface area (Å²) in [6, 6.07) is 10.1. The fourth-order valence-corrected chi connectivity index (χ4v) is 2.05. The van der Waals surface area contributed by atoms with Crippen molar-refractivity contribution in [3.63, 3.8) is 0 Å². The first-order chi connectivity index (χ1) is 9.49. The number of pyridine rings is 1. The summed E-state index contributed by atoms with van der Waals surface area (Å²) in [5.74, 6) is 0. The number of hydrogen-bond donors (Lipinski definition) is 2. The summed E-state index contributed by atoms with van der Waals surface area (Å²) in [5, 5.41) is 9.05. The van der Waals surface area contributed by atoms with Gasteiger partial charge in [0, 0.05) is 23.0 Å². The molecule has 7 nitrogen and oxygen atoms in total. The molecule has 0 radical (unpaired) electrons. The average molecular weight is 293 g/mol. The Morgan fingerprint density at radius 2 is 1.85 bits per heavy atom. The van der Waals surface area contributed by atoms with Crippen molar-refractivity contribution < 1.29 is 18.7 Å². The number of benzene rings is 1. The van der Waals surface area contributed by atoms with E-state index in [1.54, 1.807) is 0 Å². The van der Waals surface area contributed by atoms with Crippen LogP contribution in [0.1, 0.15) is 0 Å². The second kappa shape index (κ2) is 5.68. The third-order valence-corrected chi connectivity index (χ3v) is 2.93. The van der Waals surface area contributed by atoms with E-state index in [0.717, 1.165) is 6.07 Å². The lowest BCUT2D eigenvalue weighted by Crippen LogP contribution is -2.26. The normalized spacial score (nSPS) is 11.8. The number of aromatic nitrogens is 1. The van der Waals surface area contributed by atoms with Gasteiger partial charge in [-0.15, -0.1) is 0 Å². The van der Waals surface area contributed by atoms with Crippen molar-refractivity contribution in [3.8, 4) is 11.3 Å². The van der Waals surface area contributed by atoms with Crippen LogP contribution in [0.5, 0.6) is 0 Å². The number of nitrogens with one attached hydrogen (secondary N) is 1. The lowest BCUT2D eigenvalue weighted by molar-refractivity contribution is 0.195. The molecule has 0 aliphatic heterocycles. The summed E-state index contributed by atoms with van der Waals surface area (Å²) >= 11 is -2.43. The van der Waals surface area contributed by atoms with E-state index in [-0.39, 0.29) is 5.69 Å². The number of rotatable bonds is 3. The first kappa shape index (κ1) is 14.0. The molecule has 2 aromatic rings. The van der Waals surface area contributed by atoms with Crippen LogP contribution in [0.3, 0.4) is 0 Å². The molecule has 1 unspecified atom stereocenters. The van der Waals surface area contributed by atoms with Gasteiger partial charge in [0.1, 0.15) is 0 Å². The van der Waals surface area contributed by atoms with Crippen LogP contribution in [0.4, 0.5) is 10.5 Å². The number of carboxylic acid groups (broad SMARTS) is 1. The van der Waals surface area contributed by atoms with E-state index < -0.39 is 22.9 Å². The Labute approximate surface area is 115 Å². The Morgan fingerprint density at radius 1 is 1.20 bits per heavy atom. The zero-order valence-electron chi connectivity index (χ0n) is 9.98. The molecule has 104 valence electrons. The lowest BCUT2D eigenvalue weighted by atomic mass is 10.1. The largest absolute Gasteiger partial charge is 0.755 e. The van der Waals surface area contributed by atoms with Gasteiger partial charge in [-0.25, -0.2) is 9.36 Å². The van der Waals surface area contributed by atoms with Crippen LogP contribution in [0.15, 0.2) is 47.3 Å². The molecule has 1 aromatic heterocycles. The SMILES string of the molecule is O=C(O)n1c(-c2ccc(NS(=O)[O-])cc2)cccc1=O. The highest BCUT2D eigenvalue weighted by atomic mass is 32.2. The molecule has 1 heterocycles. The molecule has 1 atom stereocenters. The molecule has 0 fully saturated rings. The fourth-order valence-electron chi connectivity index (χ4n) is 1.72. The lowest BCUT2D eigenvalue weighted by Gasteiger charge is -2.11.